The van der Waals surface area contributed by atoms with Gasteiger partial charge in [0.1, 0.15) is 0 Å². The summed E-state index contributed by atoms with van der Waals surface area (Å²) in [7, 11) is 0. The highest BCUT2D eigenvalue weighted by Crippen LogP contribution is 2.40. The molecule has 2 heterocycles. The summed E-state index contributed by atoms with van der Waals surface area (Å²) in [5.74, 6) is 1.03. The molecule has 0 aliphatic carbocycles. The van der Waals surface area contributed by atoms with E-state index in [9.17, 15) is 13.2 Å². The van der Waals surface area contributed by atoms with Crippen LogP contribution in [0.25, 0.3) is 17.1 Å². The molecule has 0 spiro atoms. The van der Waals surface area contributed by atoms with Gasteiger partial charge < -0.3 is 4.52 Å². The van der Waals surface area contributed by atoms with Crippen molar-refractivity contribution in [2.45, 2.75) is 30.4 Å². The van der Waals surface area contributed by atoms with Crippen molar-refractivity contribution in [1.29, 1.82) is 0 Å². The molecule has 11 heteroatoms. The highest BCUT2D eigenvalue weighted by molar-refractivity contribution is 7.99. The van der Waals surface area contributed by atoms with Gasteiger partial charge in [-0.25, -0.2) is 0 Å². The van der Waals surface area contributed by atoms with Crippen molar-refractivity contribution in [1.82, 2.24) is 24.9 Å². The summed E-state index contributed by atoms with van der Waals surface area (Å²) in [6, 6.07) is 12.0. The minimum absolute atomic E-state index is 0.0913. The van der Waals surface area contributed by atoms with E-state index in [4.69, 9.17) is 16.1 Å². The molecule has 0 amide bonds. The van der Waals surface area contributed by atoms with Crippen LogP contribution in [0.4, 0.5) is 13.2 Å². The fourth-order valence-electron chi connectivity index (χ4n) is 2.97. The van der Waals surface area contributed by atoms with E-state index in [1.54, 1.807) is 38.1 Å². The number of thioether (sulfide) groups is 1. The van der Waals surface area contributed by atoms with Crippen LogP contribution in [-0.4, -0.2) is 24.9 Å². The van der Waals surface area contributed by atoms with E-state index in [-0.39, 0.29) is 21.9 Å². The highest BCUT2D eigenvalue weighted by Gasteiger charge is 2.35. The topological polar surface area (TPSA) is 69.6 Å². The number of hydrogen-bond donors (Lipinski definition) is 0. The van der Waals surface area contributed by atoms with Crippen molar-refractivity contribution in [3.05, 3.63) is 70.8 Å². The number of nitrogens with zero attached hydrogens (tertiary/aromatic N) is 5. The Morgan fingerprint density at radius 1 is 1.10 bits per heavy atom. The fraction of sp³-hybridized carbons (Fsp3) is 0.200. The third kappa shape index (κ3) is 4.45. The SMILES string of the molecule is Cc1noc(C(C)Sc2nnc(-c3cccc(Cl)c3)n2-c2ccccc2C(F)(F)F)n1. The second-order valence-corrected chi connectivity index (χ2v) is 8.35. The number of aromatic nitrogens is 5. The second-order valence-electron chi connectivity index (χ2n) is 6.61. The summed E-state index contributed by atoms with van der Waals surface area (Å²) in [4.78, 5) is 4.19. The van der Waals surface area contributed by atoms with Crippen molar-refractivity contribution < 1.29 is 17.7 Å². The van der Waals surface area contributed by atoms with Crippen LogP contribution in [0.3, 0.4) is 0 Å². The summed E-state index contributed by atoms with van der Waals surface area (Å²) in [6.45, 7) is 3.48. The van der Waals surface area contributed by atoms with Crippen molar-refractivity contribution in [3.63, 3.8) is 0 Å². The average molecular weight is 466 g/mol. The van der Waals surface area contributed by atoms with Gasteiger partial charge in [-0.2, -0.15) is 18.2 Å². The Balaban J connectivity index is 1.88. The molecule has 1 unspecified atom stereocenters. The summed E-state index contributed by atoms with van der Waals surface area (Å²) < 4.78 is 47.9. The van der Waals surface area contributed by atoms with Gasteiger partial charge in [-0.3, -0.25) is 4.57 Å². The third-order valence-electron chi connectivity index (χ3n) is 4.34. The number of halogens is 4. The Labute approximate surface area is 184 Å². The number of rotatable bonds is 5. The maximum atomic E-state index is 13.8. The largest absolute Gasteiger partial charge is 0.418 e. The lowest BCUT2D eigenvalue weighted by Gasteiger charge is -2.17. The molecule has 2 aromatic carbocycles. The molecule has 0 radical (unpaired) electrons. The van der Waals surface area contributed by atoms with Crippen LogP contribution in [0.5, 0.6) is 0 Å². The summed E-state index contributed by atoms with van der Waals surface area (Å²) >= 11 is 7.26. The molecule has 2 aromatic heterocycles. The van der Waals surface area contributed by atoms with Crippen molar-refractivity contribution in [3.8, 4) is 17.1 Å². The van der Waals surface area contributed by atoms with Crippen molar-refractivity contribution in [2.24, 2.45) is 0 Å². The Morgan fingerprint density at radius 2 is 1.87 bits per heavy atom. The normalized spacial score (nSPS) is 12.8. The summed E-state index contributed by atoms with van der Waals surface area (Å²) in [5.41, 5.74) is -0.363. The molecule has 31 heavy (non-hydrogen) atoms. The average Bonchev–Trinajstić information content (AvgIpc) is 3.34. The van der Waals surface area contributed by atoms with Crippen LogP contribution >= 0.6 is 23.4 Å². The zero-order chi connectivity index (χ0) is 22.2. The Hall–Kier alpha value is -2.85. The maximum absolute atomic E-state index is 13.8. The first-order valence-electron chi connectivity index (χ1n) is 9.09. The van der Waals surface area contributed by atoms with E-state index in [1.807, 2.05) is 0 Å². The highest BCUT2D eigenvalue weighted by atomic mass is 35.5. The number of benzene rings is 2. The first kappa shape index (κ1) is 21.4. The van der Waals surface area contributed by atoms with Crippen LogP contribution in [-0.2, 0) is 6.18 Å². The molecule has 4 aromatic rings. The smallest absolute Gasteiger partial charge is 0.338 e. The molecule has 0 bridgehead atoms. The Kier molecular flexibility index (Phi) is 5.76. The molecular weight excluding hydrogens is 451 g/mol. The lowest BCUT2D eigenvalue weighted by atomic mass is 10.1. The minimum atomic E-state index is -4.57. The van der Waals surface area contributed by atoms with Crippen molar-refractivity contribution in [2.75, 3.05) is 0 Å². The lowest BCUT2D eigenvalue weighted by Crippen LogP contribution is -2.12. The first-order valence-corrected chi connectivity index (χ1v) is 10.3. The molecule has 160 valence electrons. The first-order chi connectivity index (χ1) is 14.7. The quantitative estimate of drug-likeness (QED) is 0.329. The van der Waals surface area contributed by atoms with E-state index in [1.165, 1.54) is 22.8 Å². The number of hydrogen-bond acceptors (Lipinski definition) is 6. The van der Waals surface area contributed by atoms with Gasteiger partial charge >= 0.3 is 6.18 Å². The van der Waals surface area contributed by atoms with Gasteiger partial charge in [-0.05, 0) is 38.1 Å². The van der Waals surface area contributed by atoms with E-state index >= 15 is 0 Å². The van der Waals surface area contributed by atoms with Gasteiger partial charge in [-0.15, -0.1) is 10.2 Å². The summed E-state index contributed by atoms with van der Waals surface area (Å²) in [5, 5.41) is 12.4. The minimum Gasteiger partial charge on any atom is -0.338 e. The van der Waals surface area contributed by atoms with Crippen LogP contribution in [0.2, 0.25) is 5.02 Å². The van der Waals surface area contributed by atoms with Gasteiger partial charge in [0.05, 0.1) is 16.5 Å². The number of aryl methyl sites for hydroxylation is 1. The van der Waals surface area contributed by atoms with Crippen molar-refractivity contribution >= 4 is 23.4 Å². The van der Waals surface area contributed by atoms with E-state index < -0.39 is 11.7 Å². The molecule has 0 aliphatic heterocycles. The van der Waals surface area contributed by atoms with Crippen LogP contribution in [0, 0.1) is 6.92 Å². The van der Waals surface area contributed by atoms with Gasteiger partial charge in [0.2, 0.25) is 5.89 Å². The van der Waals surface area contributed by atoms with Crippen LogP contribution < -0.4 is 0 Å². The van der Waals surface area contributed by atoms with E-state index in [0.29, 0.717) is 22.3 Å². The number of alkyl halides is 3. The van der Waals surface area contributed by atoms with E-state index in [0.717, 1.165) is 17.8 Å². The molecule has 1 atom stereocenters. The zero-order valence-corrected chi connectivity index (χ0v) is 17.8. The van der Waals surface area contributed by atoms with E-state index in [2.05, 4.69) is 20.3 Å². The predicted octanol–water partition coefficient (Wildman–Crippen LogP) is 6.15. The molecular formula is C20H15ClF3N5OS. The lowest BCUT2D eigenvalue weighted by molar-refractivity contribution is -0.137. The van der Waals surface area contributed by atoms with Crippen LogP contribution in [0.15, 0.2) is 58.2 Å². The third-order valence-corrected chi connectivity index (χ3v) is 5.61. The molecule has 6 nitrogen and oxygen atoms in total. The van der Waals surface area contributed by atoms with Gasteiger partial charge in [0, 0.05) is 10.6 Å². The fourth-order valence-corrected chi connectivity index (χ4v) is 4.05. The monoisotopic (exact) mass is 465 g/mol. The second kappa shape index (κ2) is 8.35. The molecule has 0 saturated carbocycles. The standard InChI is InChI=1S/C20H15ClF3N5OS/c1-11(18-25-12(2)28-30-18)31-19-27-26-17(13-6-5-7-14(21)10-13)29(19)16-9-4-3-8-15(16)20(22,23)24/h3-11H,1-2H3. The Morgan fingerprint density at radius 3 is 2.55 bits per heavy atom. The van der Waals surface area contributed by atoms with Gasteiger partial charge in [-0.1, -0.05) is 52.8 Å². The molecule has 0 aliphatic rings. The zero-order valence-electron chi connectivity index (χ0n) is 16.3. The predicted molar refractivity (Wildman–Crippen MR) is 110 cm³/mol. The maximum Gasteiger partial charge on any atom is 0.418 e. The molecule has 0 fully saturated rings. The summed E-state index contributed by atoms with van der Waals surface area (Å²) in [6.07, 6.45) is -4.57. The van der Waals surface area contributed by atoms with Gasteiger partial charge in [0.15, 0.2) is 16.8 Å². The van der Waals surface area contributed by atoms with Gasteiger partial charge in [0.25, 0.3) is 0 Å². The number of para-hydroxylation sites is 1. The molecule has 4 rings (SSSR count). The molecule has 0 saturated heterocycles. The Bertz CT molecular complexity index is 1220. The van der Waals surface area contributed by atoms with Crippen LogP contribution in [0.1, 0.15) is 29.5 Å². The molecule has 0 N–H and O–H groups in total.